The van der Waals surface area contributed by atoms with Gasteiger partial charge >= 0.3 is 12.3 Å². The van der Waals surface area contributed by atoms with Gasteiger partial charge in [0.15, 0.2) is 0 Å². The second-order valence-corrected chi connectivity index (χ2v) is 7.38. The summed E-state index contributed by atoms with van der Waals surface area (Å²) in [6, 6.07) is 7.51. The lowest BCUT2D eigenvalue weighted by atomic mass is 10.1. The number of halogens is 3. The van der Waals surface area contributed by atoms with Gasteiger partial charge in [0.2, 0.25) is 0 Å². The average molecular weight is 450 g/mol. The van der Waals surface area contributed by atoms with E-state index in [0.29, 0.717) is 18.9 Å². The molecule has 0 radical (unpaired) electrons. The van der Waals surface area contributed by atoms with E-state index in [4.69, 9.17) is 9.47 Å². The van der Waals surface area contributed by atoms with Crippen LogP contribution >= 0.6 is 0 Å². The molecule has 1 aromatic heterocycles. The molecule has 2 aliphatic heterocycles. The molecule has 0 aliphatic carbocycles. The maximum Gasteiger partial charge on any atom is 0.416 e. The van der Waals surface area contributed by atoms with Crippen LogP contribution in [-0.2, 0) is 15.7 Å². The van der Waals surface area contributed by atoms with Gasteiger partial charge in [-0.3, -0.25) is 9.69 Å². The van der Waals surface area contributed by atoms with Crippen LogP contribution < -0.4 is 15.1 Å². The van der Waals surface area contributed by atoms with E-state index in [1.807, 2.05) is 6.07 Å². The van der Waals surface area contributed by atoms with Crippen molar-refractivity contribution in [2.45, 2.75) is 12.3 Å². The Bertz CT molecular complexity index is 961. The molecule has 0 bridgehead atoms. The number of cyclic esters (lactones) is 1. The third-order valence-electron chi connectivity index (χ3n) is 5.22. The number of morpholine rings is 1. The first-order valence-corrected chi connectivity index (χ1v) is 10.0. The van der Waals surface area contributed by atoms with E-state index in [-0.39, 0.29) is 18.7 Å². The van der Waals surface area contributed by atoms with Gasteiger partial charge in [0.1, 0.15) is 11.9 Å². The van der Waals surface area contributed by atoms with Crippen molar-refractivity contribution in [2.24, 2.45) is 0 Å². The summed E-state index contributed by atoms with van der Waals surface area (Å²) < 4.78 is 48.5. The first-order chi connectivity index (χ1) is 15.3. The van der Waals surface area contributed by atoms with Gasteiger partial charge in [-0.1, -0.05) is 0 Å². The number of amides is 2. The molecule has 1 N–H and O–H groups in total. The van der Waals surface area contributed by atoms with Crippen molar-refractivity contribution in [2.75, 3.05) is 49.2 Å². The highest BCUT2D eigenvalue weighted by molar-refractivity contribution is 5.94. The standard InChI is InChI=1S/C21H21F3N4O4/c22-21(23,24)15-3-1-14(2-4-15)19(29)26-12-17-13-28(20(30)32-17)16-5-6-18(25-11-16)27-7-9-31-10-8-27/h1-6,11,17H,7-10,12-13H2,(H,26,29)/t17-/m0/s1. The third-order valence-corrected chi connectivity index (χ3v) is 5.22. The molecule has 0 spiro atoms. The molecule has 8 nitrogen and oxygen atoms in total. The topological polar surface area (TPSA) is 84.0 Å². The summed E-state index contributed by atoms with van der Waals surface area (Å²) in [5.74, 6) is 0.245. The fourth-order valence-corrected chi connectivity index (χ4v) is 3.48. The highest BCUT2D eigenvalue weighted by atomic mass is 19.4. The monoisotopic (exact) mass is 450 g/mol. The van der Waals surface area contributed by atoms with E-state index in [9.17, 15) is 22.8 Å². The summed E-state index contributed by atoms with van der Waals surface area (Å²) in [6.45, 7) is 3.02. The molecule has 1 atom stereocenters. The largest absolute Gasteiger partial charge is 0.442 e. The van der Waals surface area contributed by atoms with Gasteiger partial charge in [-0.2, -0.15) is 13.2 Å². The van der Waals surface area contributed by atoms with Gasteiger partial charge in [0, 0.05) is 18.7 Å². The first kappa shape index (κ1) is 21.9. The molecule has 3 heterocycles. The summed E-state index contributed by atoms with van der Waals surface area (Å²) in [5, 5.41) is 2.59. The minimum absolute atomic E-state index is 0.0292. The molecule has 32 heavy (non-hydrogen) atoms. The Morgan fingerprint density at radius 3 is 2.47 bits per heavy atom. The van der Waals surface area contributed by atoms with Crippen molar-refractivity contribution in [3.63, 3.8) is 0 Å². The Labute approximate surface area is 181 Å². The van der Waals surface area contributed by atoms with Crippen LogP contribution in [0.1, 0.15) is 15.9 Å². The van der Waals surface area contributed by atoms with E-state index >= 15 is 0 Å². The van der Waals surface area contributed by atoms with Crippen LogP contribution in [-0.4, -0.2) is 62.5 Å². The van der Waals surface area contributed by atoms with Crippen molar-refractivity contribution in [1.82, 2.24) is 10.3 Å². The molecule has 11 heteroatoms. The number of anilines is 2. The van der Waals surface area contributed by atoms with Crippen molar-refractivity contribution < 1.29 is 32.2 Å². The molecular formula is C21H21F3N4O4. The van der Waals surface area contributed by atoms with Gasteiger partial charge in [-0.05, 0) is 36.4 Å². The van der Waals surface area contributed by atoms with Gasteiger partial charge in [0.05, 0.1) is 43.8 Å². The lowest BCUT2D eigenvalue weighted by Gasteiger charge is -2.28. The molecule has 1 aromatic carbocycles. The smallest absolute Gasteiger partial charge is 0.416 e. The minimum Gasteiger partial charge on any atom is -0.442 e. The average Bonchev–Trinajstić information content (AvgIpc) is 3.18. The van der Waals surface area contributed by atoms with Crippen LogP contribution in [0.2, 0.25) is 0 Å². The normalized spacial score (nSPS) is 19.1. The van der Waals surface area contributed by atoms with Crippen LogP contribution in [0.3, 0.4) is 0 Å². The molecule has 2 saturated heterocycles. The second kappa shape index (κ2) is 9.03. The SMILES string of the molecule is O=C(NC[C@H]1CN(c2ccc(N3CCOCC3)nc2)C(=O)O1)c1ccc(C(F)(F)F)cc1. The van der Waals surface area contributed by atoms with Crippen molar-refractivity contribution in [3.05, 3.63) is 53.7 Å². The lowest BCUT2D eigenvalue weighted by molar-refractivity contribution is -0.137. The van der Waals surface area contributed by atoms with Crippen molar-refractivity contribution in [1.29, 1.82) is 0 Å². The van der Waals surface area contributed by atoms with E-state index < -0.39 is 29.8 Å². The summed E-state index contributed by atoms with van der Waals surface area (Å²) >= 11 is 0. The minimum atomic E-state index is -4.47. The number of ether oxygens (including phenoxy) is 2. The number of nitrogens with one attached hydrogen (secondary N) is 1. The molecule has 170 valence electrons. The zero-order valence-corrected chi connectivity index (χ0v) is 17.0. The Kier molecular flexibility index (Phi) is 6.17. The third kappa shape index (κ3) is 4.93. The van der Waals surface area contributed by atoms with Crippen LogP contribution in [0.4, 0.5) is 29.5 Å². The van der Waals surface area contributed by atoms with Crippen molar-refractivity contribution in [3.8, 4) is 0 Å². The van der Waals surface area contributed by atoms with Crippen LogP contribution in [0, 0.1) is 0 Å². The molecule has 0 saturated carbocycles. The van der Waals surface area contributed by atoms with Gasteiger partial charge in [-0.25, -0.2) is 9.78 Å². The number of rotatable bonds is 5. The van der Waals surface area contributed by atoms with Crippen LogP contribution in [0.25, 0.3) is 0 Å². The van der Waals surface area contributed by atoms with Gasteiger partial charge < -0.3 is 19.7 Å². The number of pyridine rings is 1. The van der Waals surface area contributed by atoms with E-state index in [1.54, 1.807) is 12.3 Å². The fraction of sp³-hybridized carbons (Fsp3) is 0.381. The summed E-state index contributed by atoms with van der Waals surface area (Å²) in [4.78, 5) is 32.4. The maximum absolute atomic E-state index is 12.6. The molecule has 0 unspecified atom stereocenters. The fourth-order valence-electron chi connectivity index (χ4n) is 3.48. The number of carbonyl (C=O) groups excluding carboxylic acids is 2. The number of aromatic nitrogens is 1. The second-order valence-electron chi connectivity index (χ2n) is 7.38. The van der Waals surface area contributed by atoms with Crippen LogP contribution in [0.15, 0.2) is 42.6 Å². The zero-order chi connectivity index (χ0) is 22.7. The predicted molar refractivity (Wildman–Crippen MR) is 109 cm³/mol. The maximum atomic E-state index is 12.6. The highest BCUT2D eigenvalue weighted by Crippen LogP contribution is 2.29. The molecule has 2 aromatic rings. The first-order valence-electron chi connectivity index (χ1n) is 10.0. The summed E-state index contributed by atoms with van der Waals surface area (Å²) in [6.07, 6.45) is -4.03. The number of nitrogens with zero attached hydrogens (tertiary/aromatic N) is 3. The quantitative estimate of drug-likeness (QED) is 0.754. The zero-order valence-electron chi connectivity index (χ0n) is 17.0. The van der Waals surface area contributed by atoms with E-state index in [1.165, 1.54) is 4.90 Å². The summed E-state index contributed by atoms with van der Waals surface area (Å²) in [7, 11) is 0. The number of benzene rings is 1. The number of hydrogen-bond acceptors (Lipinski definition) is 6. The Hall–Kier alpha value is -3.34. The van der Waals surface area contributed by atoms with Crippen LogP contribution in [0.5, 0.6) is 0 Å². The van der Waals surface area contributed by atoms with Gasteiger partial charge in [-0.15, -0.1) is 0 Å². The van der Waals surface area contributed by atoms with E-state index in [0.717, 1.165) is 43.2 Å². The Morgan fingerprint density at radius 2 is 1.84 bits per heavy atom. The number of hydrogen-bond donors (Lipinski definition) is 1. The Morgan fingerprint density at radius 1 is 1.12 bits per heavy atom. The molecule has 2 aliphatic rings. The van der Waals surface area contributed by atoms with Crippen molar-refractivity contribution >= 4 is 23.5 Å². The number of carbonyl (C=O) groups is 2. The highest BCUT2D eigenvalue weighted by Gasteiger charge is 2.33. The van der Waals surface area contributed by atoms with Gasteiger partial charge in [0.25, 0.3) is 5.91 Å². The molecule has 2 fully saturated rings. The molecule has 4 rings (SSSR count). The lowest BCUT2D eigenvalue weighted by Crippen LogP contribution is -2.36. The Balaban J connectivity index is 1.31. The summed E-state index contributed by atoms with van der Waals surface area (Å²) in [5.41, 5.74) is -0.173. The van der Waals surface area contributed by atoms with E-state index in [2.05, 4.69) is 15.2 Å². The predicted octanol–water partition coefficient (Wildman–Crippen LogP) is 2.69. The molecular weight excluding hydrogens is 429 g/mol. The molecule has 2 amide bonds. The number of alkyl halides is 3.